The maximum Gasteiger partial charge on any atom is 0.203 e. The van der Waals surface area contributed by atoms with Gasteiger partial charge in [-0.3, -0.25) is 0 Å². The van der Waals surface area contributed by atoms with Gasteiger partial charge in [0.1, 0.15) is 0 Å². The van der Waals surface area contributed by atoms with Gasteiger partial charge < -0.3 is 5.73 Å². The van der Waals surface area contributed by atoms with Crippen LogP contribution in [0.25, 0.3) is 0 Å². The van der Waals surface area contributed by atoms with Gasteiger partial charge in [0.25, 0.3) is 0 Å². The van der Waals surface area contributed by atoms with E-state index in [-0.39, 0.29) is 5.25 Å². The van der Waals surface area contributed by atoms with Gasteiger partial charge in [-0.15, -0.1) is 10.2 Å². The zero-order valence-corrected chi connectivity index (χ0v) is 12.3. The molecule has 0 saturated heterocycles. The Morgan fingerprint density at radius 1 is 0.850 bits per heavy atom. The predicted octanol–water partition coefficient (Wildman–Crippen LogP) is 4.00. The Bertz CT molecular complexity index is 628. The van der Waals surface area contributed by atoms with Crippen LogP contribution in [0.1, 0.15) is 16.4 Å². The Kier molecular flexibility index (Phi) is 3.99. The van der Waals surface area contributed by atoms with Gasteiger partial charge in [0.2, 0.25) is 5.13 Å². The predicted molar refractivity (Wildman–Crippen MR) is 84.9 cm³/mol. The average Bonchev–Trinajstić information content (AvgIpc) is 2.92. The maximum absolute atomic E-state index is 5.66. The fourth-order valence-electron chi connectivity index (χ4n) is 1.95. The fraction of sp³-hybridized carbons (Fsp3) is 0.0667. The fourth-order valence-corrected chi connectivity index (χ4v) is 3.91. The van der Waals surface area contributed by atoms with E-state index in [1.165, 1.54) is 22.5 Å². The van der Waals surface area contributed by atoms with Crippen LogP contribution in [0.4, 0.5) is 5.13 Å². The van der Waals surface area contributed by atoms with E-state index in [9.17, 15) is 0 Å². The molecule has 20 heavy (non-hydrogen) atoms. The average molecular weight is 299 g/mol. The standard InChI is InChI=1S/C15H13N3S2/c16-14-17-18-15(20-14)19-13(11-7-3-1-4-8-11)12-9-5-2-6-10-12/h1-10,13H,(H2,16,17). The number of aromatic nitrogens is 2. The molecule has 0 atom stereocenters. The topological polar surface area (TPSA) is 51.8 Å². The molecule has 2 N–H and O–H groups in total. The summed E-state index contributed by atoms with van der Waals surface area (Å²) in [6, 6.07) is 20.8. The molecule has 0 amide bonds. The number of benzene rings is 2. The van der Waals surface area contributed by atoms with Crippen LogP contribution in [-0.2, 0) is 0 Å². The number of anilines is 1. The maximum atomic E-state index is 5.66. The number of hydrogen-bond donors (Lipinski definition) is 1. The Morgan fingerprint density at radius 2 is 1.40 bits per heavy atom. The molecule has 0 aliphatic heterocycles. The minimum atomic E-state index is 0.199. The van der Waals surface area contributed by atoms with Gasteiger partial charge in [-0.05, 0) is 11.1 Å². The third-order valence-electron chi connectivity index (χ3n) is 2.85. The third-order valence-corrected chi connectivity index (χ3v) is 4.99. The van der Waals surface area contributed by atoms with E-state index >= 15 is 0 Å². The molecular weight excluding hydrogens is 286 g/mol. The molecule has 0 fully saturated rings. The smallest absolute Gasteiger partial charge is 0.203 e. The lowest BCUT2D eigenvalue weighted by Gasteiger charge is -2.15. The lowest BCUT2D eigenvalue weighted by molar-refractivity contribution is 1.01. The van der Waals surface area contributed by atoms with Crippen LogP contribution < -0.4 is 5.73 Å². The molecule has 1 aromatic heterocycles. The van der Waals surface area contributed by atoms with Crippen LogP contribution in [-0.4, -0.2) is 10.2 Å². The summed E-state index contributed by atoms with van der Waals surface area (Å²) in [5.74, 6) is 0. The van der Waals surface area contributed by atoms with Gasteiger partial charge >= 0.3 is 0 Å². The minimum Gasteiger partial charge on any atom is -0.374 e. The minimum absolute atomic E-state index is 0.199. The summed E-state index contributed by atoms with van der Waals surface area (Å²) in [5, 5.41) is 8.70. The van der Waals surface area contributed by atoms with Crippen molar-refractivity contribution in [1.29, 1.82) is 0 Å². The molecule has 0 spiro atoms. The van der Waals surface area contributed by atoms with E-state index in [4.69, 9.17) is 5.73 Å². The van der Waals surface area contributed by atoms with Crippen LogP contribution >= 0.6 is 23.1 Å². The summed E-state index contributed by atoms with van der Waals surface area (Å²) in [5.41, 5.74) is 8.16. The number of rotatable bonds is 4. The van der Waals surface area contributed by atoms with Gasteiger partial charge in [-0.1, -0.05) is 83.8 Å². The highest BCUT2D eigenvalue weighted by atomic mass is 32.2. The SMILES string of the molecule is Nc1nnc(SC(c2ccccc2)c2ccccc2)s1. The number of hydrogen-bond acceptors (Lipinski definition) is 5. The normalized spacial score (nSPS) is 10.8. The van der Waals surface area contributed by atoms with Crippen molar-refractivity contribution in [3.05, 3.63) is 71.8 Å². The molecule has 0 unspecified atom stereocenters. The highest BCUT2D eigenvalue weighted by molar-refractivity contribution is 8.01. The molecule has 100 valence electrons. The first-order valence-electron chi connectivity index (χ1n) is 6.18. The van der Waals surface area contributed by atoms with Gasteiger partial charge in [-0.2, -0.15) is 0 Å². The van der Waals surface area contributed by atoms with E-state index in [0.29, 0.717) is 5.13 Å². The van der Waals surface area contributed by atoms with E-state index < -0.39 is 0 Å². The summed E-state index contributed by atoms with van der Waals surface area (Å²) < 4.78 is 0.889. The van der Waals surface area contributed by atoms with Crippen LogP contribution in [0, 0.1) is 0 Å². The van der Waals surface area contributed by atoms with Crippen LogP contribution in [0.5, 0.6) is 0 Å². The van der Waals surface area contributed by atoms with Crippen molar-refractivity contribution >= 4 is 28.2 Å². The zero-order valence-electron chi connectivity index (χ0n) is 10.6. The lowest BCUT2D eigenvalue weighted by Crippen LogP contribution is -1.96. The summed E-state index contributed by atoms with van der Waals surface area (Å²) in [6.45, 7) is 0. The third kappa shape index (κ3) is 3.00. The Balaban J connectivity index is 1.96. The van der Waals surface area contributed by atoms with E-state index in [2.05, 4.69) is 58.7 Å². The Labute approximate surface area is 125 Å². The number of nitrogens with two attached hydrogens (primary N) is 1. The van der Waals surface area contributed by atoms with Crippen molar-refractivity contribution in [1.82, 2.24) is 10.2 Å². The number of thioether (sulfide) groups is 1. The van der Waals surface area contributed by atoms with Crippen molar-refractivity contribution in [3.8, 4) is 0 Å². The van der Waals surface area contributed by atoms with Gasteiger partial charge in [-0.25, -0.2) is 0 Å². The van der Waals surface area contributed by atoms with Gasteiger partial charge in [0.05, 0.1) is 5.25 Å². The van der Waals surface area contributed by atoms with Crippen molar-refractivity contribution in [3.63, 3.8) is 0 Å². The second-order valence-corrected chi connectivity index (χ2v) is 6.59. The molecule has 3 aromatic rings. The first-order valence-corrected chi connectivity index (χ1v) is 7.88. The van der Waals surface area contributed by atoms with Crippen LogP contribution in [0.15, 0.2) is 65.0 Å². The molecule has 2 aromatic carbocycles. The summed E-state index contributed by atoms with van der Waals surface area (Å²) in [7, 11) is 0. The second kappa shape index (κ2) is 6.07. The molecular formula is C15H13N3S2. The number of nitrogen functional groups attached to an aromatic ring is 1. The largest absolute Gasteiger partial charge is 0.374 e. The summed E-state index contributed by atoms with van der Waals surface area (Å²) >= 11 is 3.10. The van der Waals surface area contributed by atoms with E-state index in [1.54, 1.807) is 11.8 Å². The molecule has 0 bridgehead atoms. The molecule has 1 heterocycles. The van der Waals surface area contributed by atoms with Crippen molar-refractivity contribution < 1.29 is 0 Å². The molecule has 0 saturated carbocycles. The molecule has 5 heteroatoms. The summed E-state index contributed by atoms with van der Waals surface area (Å²) in [4.78, 5) is 0. The number of nitrogens with zero attached hydrogens (tertiary/aromatic N) is 2. The van der Waals surface area contributed by atoms with E-state index in [0.717, 1.165) is 4.34 Å². The highest BCUT2D eigenvalue weighted by Gasteiger charge is 2.17. The first kappa shape index (κ1) is 13.1. The monoisotopic (exact) mass is 299 g/mol. The van der Waals surface area contributed by atoms with Gasteiger partial charge in [0.15, 0.2) is 4.34 Å². The second-order valence-electron chi connectivity index (χ2n) is 4.23. The summed E-state index contributed by atoms with van der Waals surface area (Å²) in [6.07, 6.45) is 0. The molecule has 0 radical (unpaired) electrons. The van der Waals surface area contributed by atoms with E-state index in [1.807, 2.05) is 12.1 Å². The molecule has 0 aliphatic carbocycles. The van der Waals surface area contributed by atoms with Crippen molar-refractivity contribution in [2.45, 2.75) is 9.59 Å². The molecule has 3 rings (SSSR count). The van der Waals surface area contributed by atoms with Crippen molar-refractivity contribution in [2.75, 3.05) is 5.73 Å². The zero-order chi connectivity index (χ0) is 13.8. The van der Waals surface area contributed by atoms with Crippen LogP contribution in [0.3, 0.4) is 0 Å². The Morgan fingerprint density at radius 3 is 1.85 bits per heavy atom. The quantitative estimate of drug-likeness (QED) is 0.740. The van der Waals surface area contributed by atoms with Crippen LogP contribution in [0.2, 0.25) is 0 Å². The Hall–Kier alpha value is -1.85. The highest BCUT2D eigenvalue weighted by Crippen LogP contribution is 2.41. The van der Waals surface area contributed by atoms with Gasteiger partial charge in [0, 0.05) is 0 Å². The van der Waals surface area contributed by atoms with Crippen molar-refractivity contribution in [2.24, 2.45) is 0 Å². The molecule has 0 aliphatic rings. The lowest BCUT2D eigenvalue weighted by atomic mass is 10.0. The molecule has 3 nitrogen and oxygen atoms in total. The first-order chi connectivity index (χ1) is 9.83.